The van der Waals surface area contributed by atoms with Crippen LogP contribution in [0.2, 0.25) is 5.02 Å². The molecule has 1 heterocycles. The maximum absolute atomic E-state index is 11.9. The SMILES string of the molecule is CNc1cccc(C(=O)NCCc2ccc(Cl)cc2)n1. The number of hydrogen-bond acceptors (Lipinski definition) is 3. The molecule has 5 heteroatoms. The van der Waals surface area contributed by atoms with Crippen LogP contribution >= 0.6 is 11.6 Å². The van der Waals surface area contributed by atoms with Crippen LogP contribution in [-0.2, 0) is 6.42 Å². The van der Waals surface area contributed by atoms with Gasteiger partial charge in [0.15, 0.2) is 0 Å². The van der Waals surface area contributed by atoms with Gasteiger partial charge in [0.25, 0.3) is 5.91 Å². The van der Waals surface area contributed by atoms with Crippen LogP contribution in [0.15, 0.2) is 42.5 Å². The normalized spacial score (nSPS) is 10.1. The van der Waals surface area contributed by atoms with Crippen LogP contribution in [0.25, 0.3) is 0 Å². The number of nitrogens with zero attached hydrogens (tertiary/aromatic N) is 1. The number of nitrogens with one attached hydrogen (secondary N) is 2. The second kappa shape index (κ2) is 6.91. The quantitative estimate of drug-likeness (QED) is 0.890. The zero-order chi connectivity index (χ0) is 14.4. The third-order valence-electron chi connectivity index (χ3n) is 2.85. The summed E-state index contributed by atoms with van der Waals surface area (Å²) in [5.74, 6) is 0.506. The van der Waals surface area contributed by atoms with Gasteiger partial charge in [-0.3, -0.25) is 4.79 Å². The molecule has 104 valence electrons. The molecule has 0 saturated carbocycles. The average molecular weight is 290 g/mol. The highest BCUT2D eigenvalue weighted by molar-refractivity contribution is 6.30. The summed E-state index contributed by atoms with van der Waals surface area (Å²) in [6.07, 6.45) is 0.759. The van der Waals surface area contributed by atoms with E-state index in [-0.39, 0.29) is 5.91 Å². The van der Waals surface area contributed by atoms with Gasteiger partial charge < -0.3 is 10.6 Å². The summed E-state index contributed by atoms with van der Waals surface area (Å²) in [4.78, 5) is 16.1. The monoisotopic (exact) mass is 289 g/mol. The zero-order valence-electron chi connectivity index (χ0n) is 11.2. The first-order chi connectivity index (χ1) is 9.69. The summed E-state index contributed by atoms with van der Waals surface area (Å²) >= 11 is 5.82. The summed E-state index contributed by atoms with van der Waals surface area (Å²) in [6, 6.07) is 12.9. The molecule has 0 radical (unpaired) electrons. The molecule has 1 amide bonds. The minimum Gasteiger partial charge on any atom is -0.373 e. The molecule has 2 aromatic rings. The number of benzene rings is 1. The minimum atomic E-state index is -0.170. The van der Waals surface area contributed by atoms with Crippen molar-refractivity contribution in [3.8, 4) is 0 Å². The fraction of sp³-hybridized carbons (Fsp3) is 0.200. The molecule has 0 aliphatic carbocycles. The van der Waals surface area contributed by atoms with E-state index < -0.39 is 0 Å². The Morgan fingerprint density at radius 2 is 1.95 bits per heavy atom. The number of rotatable bonds is 5. The highest BCUT2D eigenvalue weighted by atomic mass is 35.5. The van der Waals surface area contributed by atoms with Crippen molar-refractivity contribution in [1.82, 2.24) is 10.3 Å². The zero-order valence-corrected chi connectivity index (χ0v) is 11.9. The van der Waals surface area contributed by atoms with Crippen LogP contribution in [0.3, 0.4) is 0 Å². The Labute approximate surface area is 123 Å². The van der Waals surface area contributed by atoms with Gasteiger partial charge in [0.05, 0.1) is 0 Å². The van der Waals surface area contributed by atoms with Crippen LogP contribution < -0.4 is 10.6 Å². The van der Waals surface area contributed by atoms with Gasteiger partial charge in [-0.1, -0.05) is 29.8 Å². The van der Waals surface area contributed by atoms with E-state index in [1.165, 1.54) is 0 Å². The fourth-order valence-corrected chi connectivity index (χ4v) is 1.89. The molecule has 0 unspecified atom stereocenters. The van der Waals surface area contributed by atoms with Crippen LogP contribution in [0, 0.1) is 0 Å². The van der Waals surface area contributed by atoms with Crippen molar-refractivity contribution in [3.05, 3.63) is 58.7 Å². The molecule has 1 aromatic heterocycles. The summed E-state index contributed by atoms with van der Waals surface area (Å²) in [7, 11) is 1.77. The van der Waals surface area contributed by atoms with Gasteiger partial charge in [0.1, 0.15) is 11.5 Å². The first-order valence-electron chi connectivity index (χ1n) is 6.36. The molecule has 1 aromatic carbocycles. The maximum Gasteiger partial charge on any atom is 0.269 e. The predicted molar refractivity (Wildman–Crippen MR) is 81.3 cm³/mol. The van der Waals surface area contributed by atoms with Crippen molar-refractivity contribution < 1.29 is 4.79 Å². The van der Waals surface area contributed by atoms with Crippen LogP contribution in [0.1, 0.15) is 16.1 Å². The molecule has 0 fully saturated rings. The lowest BCUT2D eigenvalue weighted by Gasteiger charge is -2.06. The Hall–Kier alpha value is -2.07. The fourth-order valence-electron chi connectivity index (χ4n) is 1.76. The van der Waals surface area contributed by atoms with E-state index in [0.717, 1.165) is 12.0 Å². The number of aromatic nitrogens is 1. The lowest BCUT2D eigenvalue weighted by atomic mass is 10.1. The van der Waals surface area contributed by atoms with E-state index in [1.807, 2.05) is 30.3 Å². The topological polar surface area (TPSA) is 54.0 Å². The smallest absolute Gasteiger partial charge is 0.269 e. The second-order valence-electron chi connectivity index (χ2n) is 4.29. The highest BCUT2D eigenvalue weighted by Gasteiger charge is 2.06. The summed E-state index contributed by atoms with van der Waals surface area (Å²) < 4.78 is 0. The number of pyridine rings is 1. The van der Waals surface area contributed by atoms with E-state index in [4.69, 9.17) is 11.6 Å². The number of anilines is 1. The number of halogens is 1. The Morgan fingerprint density at radius 1 is 1.20 bits per heavy atom. The molecule has 2 N–H and O–H groups in total. The van der Waals surface area contributed by atoms with Crippen molar-refractivity contribution >= 4 is 23.3 Å². The van der Waals surface area contributed by atoms with E-state index in [9.17, 15) is 4.79 Å². The number of carbonyl (C=O) groups is 1. The van der Waals surface area contributed by atoms with Crippen molar-refractivity contribution in [3.63, 3.8) is 0 Å². The van der Waals surface area contributed by atoms with Crippen LogP contribution in [0.4, 0.5) is 5.82 Å². The first kappa shape index (κ1) is 14.3. The molecule has 0 aliphatic heterocycles. The van der Waals surface area contributed by atoms with E-state index >= 15 is 0 Å². The highest BCUT2D eigenvalue weighted by Crippen LogP contribution is 2.09. The predicted octanol–water partition coefficient (Wildman–Crippen LogP) is 2.75. The third-order valence-corrected chi connectivity index (χ3v) is 3.10. The third kappa shape index (κ3) is 3.96. The van der Waals surface area contributed by atoms with Crippen molar-refractivity contribution in [2.24, 2.45) is 0 Å². The van der Waals surface area contributed by atoms with Crippen molar-refractivity contribution in [1.29, 1.82) is 0 Å². The Bertz CT molecular complexity index is 584. The number of hydrogen-bond donors (Lipinski definition) is 2. The van der Waals surface area contributed by atoms with Gasteiger partial charge in [0.2, 0.25) is 0 Å². The molecule has 0 saturated heterocycles. The Kier molecular flexibility index (Phi) is 4.96. The van der Waals surface area contributed by atoms with Crippen molar-refractivity contribution in [2.75, 3.05) is 18.9 Å². The minimum absolute atomic E-state index is 0.170. The lowest BCUT2D eigenvalue weighted by Crippen LogP contribution is -2.26. The summed E-state index contributed by atoms with van der Waals surface area (Å²) in [6.45, 7) is 0.561. The van der Waals surface area contributed by atoms with Gasteiger partial charge in [-0.2, -0.15) is 0 Å². The standard InChI is InChI=1S/C15H16ClN3O/c1-17-14-4-2-3-13(19-14)15(20)18-10-9-11-5-7-12(16)8-6-11/h2-8H,9-10H2,1H3,(H,17,19)(H,18,20). The van der Waals surface area contributed by atoms with Gasteiger partial charge in [-0.15, -0.1) is 0 Å². The number of amides is 1. The first-order valence-corrected chi connectivity index (χ1v) is 6.74. The van der Waals surface area contributed by atoms with Gasteiger partial charge in [-0.05, 0) is 36.2 Å². The molecule has 0 spiro atoms. The molecule has 4 nitrogen and oxygen atoms in total. The summed E-state index contributed by atoms with van der Waals surface area (Å²) in [5.41, 5.74) is 1.54. The van der Waals surface area contributed by atoms with E-state index in [1.54, 1.807) is 19.2 Å². The average Bonchev–Trinajstić information content (AvgIpc) is 2.49. The van der Waals surface area contributed by atoms with E-state index in [0.29, 0.717) is 23.1 Å². The van der Waals surface area contributed by atoms with Crippen molar-refractivity contribution in [2.45, 2.75) is 6.42 Å². The second-order valence-corrected chi connectivity index (χ2v) is 4.73. The molecule has 20 heavy (non-hydrogen) atoms. The lowest BCUT2D eigenvalue weighted by molar-refractivity contribution is 0.0949. The molecule has 0 atom stereocenters. The molecule has 2 rings (SSSR count). The molecular formula is C15H16ClN3O. The van der Waals surface area contributed by atoms with Gasteiger partial charge in [-0.25, -0.2) is 4.98 Å². The molecule has 0 bridgehead atoms. The maximum atomic E-state index is 11.9. The van der Waals surface area contributed by atoms with E-state index in [2.05, 4.69) is 15.6 Å². The van der Waals surface area contributed by atoms with Gasteiger partial charge in [0, 0.05) is 18.6 Å². The largest absolute Gasteiger partial charge is 0.373 e. The van der Waals surface area contributed by atoms with Crippen LogP contribution in [-0.4, -0.2) is 24.5 Å². The van der Waals surface area contributed by atoms with Crippen LogP contribution in [0.5, 0.6) is 0 Å². The Balaban J connectivity index is 1.87. The summed E-state index contributed by atoms with van der Waals surface area (Å²) in [5, 5.41) is 6.47. The molecule has 0 aliphatic rings. The van der Waals surface area contributed by atoms with Gasteiger partial charge >= 0.3 is 0 Å². The molecular weight excluding hydrogens is 274 g/mol. The Morgan fingerprint density at radius 3 is 2.65 bits per heavy atom. The number of carbonyl (C=O) groups excluding carboxylic acids is 1.